The Kier molecular flexibility index (Phi) is 8.95. The Hall–Kier alpha value is -0.560. The van der Waals surface area contributed by atoms with Crippen LogP contribution < -0.4 is 5.32 Å². The van der Waals surface area contributed by atoms with E-state index in [4.69, 9.17) is 23.2 Å². The third-order valence-corrected chi connectivity index (χ3v) is 5.34. The van der Waals surface area contributed by atoms with Crippen LogP contribution in [0.2, 0.25) is 10.0 Å². The second-order valence-electron chi connectivity index (χ2n) is 5.59. The van der Waals surface area contributed by atoms with E-state index in [0.717, 1.165) is 35.9 Å². The highest BCUT2D eigenvalue weighted by Gasteiger charge is 2.23. The van der Waals surface area contributed by atoms with E-state index in [0.29, 0.717) is 16.5 Å². The lowest BCUT2D eigenvalue weighted by molar-refractivity contribution is -0.133. The fourth-order valence-corrected chi connectivity index (χ4v) is 4.06. The van der Waals surface area contributed by atoms with Crippen molar-refractivity contribution in [3.63, 3.8) is 0 Å². The van der Waals surface area contributed by atoms with E-state index in [-0.39, 0.29) is 36.8 Å². The van der Waals surface area contributed by atoms with Crippen LogP contribution in [0.1, 0.15) is 12.6 Å². The van der Waals surface area contributed by atoms with E-state index < -0.39 is 0 Å². The number of aromatic nitrogens is 1. The van der Waals surface area contributed by atoms with E-state index in [1.807, 2.05) is 16.3 Å². The van der Waals surface area contributed by atoms with Crippen LogP contribution in [0, 0.1) is 0 Å². The number of hydrogen-bond donors (Lipinski definition) is 1. The number of amides is 1. The zero-order valence-corrected chi connectivity index (χ0v) is 17.5. The number of nitrogens with zero attached hydrogens (tertiary/aromatic N) is 2. The van der Waals surface area contributed by atoms with Gasteiger partial charge in [0.15, 0.2) is 0 Å². The van der Waals surface area contributed by atoms with E-state index in [1.54, 1.807) is 12.1 Å². The van der Waals surface area contributed by atoms with E-state index in [2.05, 4.69) is 17.2 Å². The van der Waals surface area contributed by atoms with Crippen molar-refractivity contribution in [1.29, 1.82) is 0 Å². The molecule has 1 atom stereocenters. The maximum atomic E-state index is 12.5. The number of halogens is 4. The second kappa shape index (κ2) is 9.95. The van der Waals surface area contributed by atoms with Crippen LogP contribution in [0.25, 0.3) is 10.6 Å². The number of thiazole rings is 1. The van der Waals surface area contributed by atoms with Gasteiger partial charge in [0.1, 0.15) is 5.01 Å². The largest absolute Gasteiger partial charge is 0.337 e. The summed E-state index contributed by atoms with van der Waals surface area (Å²) < 4.78 is 0. The molecule has 1 unspecified atom stereocenters. The predicted molar refractivity (Wildman–Crippen MR) is 110 cm³/mol. The van der Waals surface area contributed by atoms with Gasteiger partial charge in [-0.1, -0.05) is 23.2 Å². The van der Waals surface area contributed by atoms with Gasteiger partial charge in [0.25, 0.3) is 0 Å². The van der Waals surface area contributed by atoms with Crippen LogP contribution in [0.15, 0.2) is 23.6 Å². The standard InChI is InChI=1S/C16H17Cl2N3OS.2ClH/c1-10-8-19-4-5-21(10)15(22)7-12-9-23-16(20-12)13-3-2-11(17)6-14(13)18;;/h2-3,6,9-10,19H,4-5,7-8H2,1H3;2*1H. The SMILES string of the molecule is CC1CNCCN1C(=O)Cc1csc(-c2ccc(Cl)cc2Cl)n1.Cl.Cl. The lowest BCUT2D eigenvalue weighted by atomic mass is 10.2. The van der Waals surface area contributed by atoms with Crippen molar-refractivity contribution < 1.29 is 4.79 Å². The molecule has 2 heterocycles. The molecule has 1 fully saturated rings. The average Bonchev–Trinajstić information content (AvgIpc) is 2.95. The molecule has 3 rings (SSSR count). The Morgan fingerprint density at radius 3 is 2.84 bits per heavy atom. The third kappa shape index (κ3) is 5.46. The summed E-state index contributed by atoms with van der Waals surface area (Å²) in [7, 11) is 0. The van der Waals surface area contributed by atoms with Gasteiger partial charge < -0.3 is 10.2 Å². The molecule has 1 N–H and O–H groups in total. The van der Waals surface area contributed by atoms with Gasteiger partial charge in [-0.15, -0.1) is 36.2 Å². The number of benzene rings is 1. The molecule has 138 valence electrons. The molecule has 1 aliphatic rings. The summed E-state index contributed by atoms with van der Waals surface area (Å²) in [6.07, 6.45) is 0.325. The first-order chi connectivity index (χ1) is 11.0. The zero-order valence-electron chi connectivity index (χ0n) is 13.5. The Morgan fingerprint density at radius 1 is 1.40 bits per heavy atom. The van der Waals surface area contributed by atoms with Gasteiger partial charge in [-0.05, 0) is 25.1 Å². The van der Waals surface area contributed by atoms with Crippen molar-refractivity contribution in [2.45, 2.75) is 19.4 Å². The van der Waals surface area contributed by atoms with E-state index >= 15 is 0 Å². The van der Waals surface area contributed by atoms with Crippen LogP contribution in [-0.4, -0.2) is 41.5 Å². The van der Waals surface area contributed by atoms with Crippen molar-refractivity contribution in [1.82, 2.24) is 15.2 Å². The molecule has 1 aromatic heterocycles. The fourth-order valence-electron chi connectivity index (χ4n) is 2.64. The van der Waals surface area contributed by atoms with Crippen LogP contribution in [0.4, 0.5) is 0 Å². The van der Waals surface area contributed by atoms with Crippen molar-refractivity contribution in [3.8, 4) is 10.6 Å². The molecule has 25 heavy (non-hydrogen) atoms. The van der Waals surface area contributed by atoms with Gasteiger partial charge in [0.2, 0.25) is 5.91 Å². The molecule has 0 saturated carbocycles. The summed E-state index contributed by atoms with van der Waals surface area (Å²) in [5.41, 5.74) is 1.63. The Balaban J connectivity index is 0.00000156. The van der Waals surface area contributed by atoms with E-state index in [9.17, 15) is 4.79 Å². The molecule has 4 nitrogen and oxygen atoms in total. The molecule has 1 aliphatic heterocycles. The first-order valence-electron chi connectivity index (χ1n) is 7.44. The Bertz CT molecular complexity index is 725. The van der Waals surface area contributed by atoms with Gasteiger partial charge in [-0.25, -0.2) is 4.98 Å². The third-order valence-electron chi connectivity index (χ3n) is 3.87. The van der Waals surface area contributed by atoms with Gasteiger partial charge >= 0.3 is 0 Å². The second-order valence-corrected chi connectivity index (χ2v) is 7.29. The number of piperazine rings is 1. The van der Waals surface area contributed by atoms with Gasteiger partial charge in [-0.2, -0.15) is 0 Å². The number of carbonyl (C=O) groups excluding carboxylic acids is 1. The summed E-state index contributed by atoms with van der Waals surface area (Å²) in [5.74, 6) is 0.123. The van der Waals surface area contributed by atoms with E-state index in [1.165, 1.54) is 11.3 Å². The molecule has 1 saturated heterocycles. The van der Waals surface area contributed by atoms with Crippen LogP contribution in [0.3, 0.4) is 0 Å². The topological polar surface area (TPSA) is 45.2 Å². The summed E-state index contributed by atoms with van der Waals surface area (Å²) in [6.45, 7) is 4.50. The van der Waals surface area contributed by atoms with Crippen LogP contribution >= 0.6 is 59.4 Å². The number of rotatable bonds is 3. The highest BCUT2D eigenvalue weighted by Crippen LogP contribution is 2.32. The maximum absolute atomic E-state index is 12.5. The molecule has 1 aromatic carbocycles. The molecule has 2 aromatic rings. The number of hydrogen-bond acceptors (Lipinski definition) is 4. The number of carbonyl (C=O) groups is 1. The first-order valence-corrected chi connectivity index (χ1v) is 9.08. The van der Waals surface area contributed by atoms with Crippen molar-refractivity contribution in [3.05, 3.63) is 39.3 Å². The lowest BCUT2D eigenvalue weighted by Crippen LogP contribution is -2.52. The monoisotopic (exact) mass is 441 g/mol. The van der Waals surface area contributed by atoms with Gasteiger partial charge in [0, 0.05) is 41.6 Å². The average molecular weight is 443 g/mol. The highest BCUT2D eigenvalue weighted by molar-refractivity contribution is 7.13. The van der Waals surface area contributed by atoms with Crippen molar-refractivity contribution in [2.75, 3.05) is 19.6 Å². The van der Waals surface area contributed by atoms with Gasteiger partial charge in [0.05, 0.1) is 17.1 Å². The van der Waals surface area contributed by atoms with Gasteiger partial charge in [-0.3, -0.25) is 4.79 Å². The molecule has 9 heteroatoms. The molecule has 0 bridgehead atoms. The minimum absolute atomic E-state index is 0. The summed E-state index contributed by atoms with van der Waals surface area (Å²) in [4.78, 5) is 18.9. The normalized spacial score (nSPS) is 16.8. The molecular weight excluding hydrogens is 424 g/mol. The Labute approximate surface area is 173 Å². The highest BCUT2D eigenvalue weighted by atomic mass is 35.5. The summed E-state index contributed by atoms with van der Waals surface area (Å²) >= 11 is 13.6. The Morgan fingerprint density at radius 2 is 2.16 bits per heavy atom. The zero-order chi connectivity index (χ0) is 16.4. The first kappa shape index (κ1) is 22.5. The molecular formula is C16H19Cl4N3OS. The molecule has 0 aliphatic carbocycles. The smallest absolute Gasteiger partial charge is 0.228 e. The fraction of sp³-hybridized carbons (Fsp3) is 0.375. The lowest BCUT2D eigenvalue weighted by Gasteiger charge is -2.33. The molecule has 0 spiro atoms. The minimum Gasteiger partial charge on any atom is -0.337 e. The van der Waals surface area contributed by atoms with Crippen molar-refractivity contribution >= 4 is 65.3 Å². The quantitative estimate of drug-likeness (QED) is 0.769. The number of nitrogens with one attached hydrogen (secondary N) is 1. The maximum Gasteiger partial charge on any atom is 0.228 e. The van der Waals surface area contributed by atoms with Crippen LogP contribution in [0.5, 0.6) is 0 Å². The predicted octanol–water partition coefficient (Wildman–Crippen LogP) is 4.32. The summed E-state index contributed by atoms with van der Waals surface area (Å²) in [5, 5.41) is 7.18. The minimum atomic E-state index is 0. The molecule has 1 amide bonds. The summed E-state index contributed by atoms with van der Waals surface area (Å²) in [6, 6.07) is 5.57. The van der Waals surface area contributed by atoms with Crippen LogP contribution in [-0.2, 0) is 11.2 Å². The van der Waals surface area contributed by atoms with Crippen molar-refractivity contribution in [2.24, 2.45) is 0 Å². The molecule has 0 radical (unpaired) electrons.